The summed E-state index contributed by atoms with van der Waals surface area (Å²) in [5, 5.41) is 3.51. The molecular weight excluding hydrogens is 244 g/mol. The van der Waals surface area contributed by atoms with E-state index in [-0.39, 0.29) is 0 Å². The zero-order valence-corrected chi connectivity index (χ0v) is 12.0. The number of hydrogen-bond donors (Lipinski definition) is 1. The SMILES string of the molecule is CNc1nc(-c2ccc(SC(C)C)cc2)c(C)o1. The van der Waals surface area contributed by atoms with Crippen molar-refractivity contribution in [2.24, 2.45) is 0 Å². The first kappa shape index (κ1) is 13.0. The van der Waals surface area contributed by atoms with Gasteiger partial charge in [0.05, 0.1) is 0 Å². The zero-order chi connectivity index (χ0) is 13.1. The molecule has 0 radical (unpaired) electrons. The summed E-state index contributed by atoms with van der Waals surface area (Å²) in [6.45, 7) is 6.32. The van der Waals surface area contributed by atoms with Gasteiger partial charge in [-0.25, -0.2) is 0 Å². The highest BCUT2D eigenvalue weighted by Crippen LogP contribution is 2.29. The van der Waals surface area contributed by atoms with Crippen molar-refractivity contribution in [3.05, 3.63) is 30.0 Å². The van der Waals surface area contributed by atoms with Crippen molar-refractivity contribution >= 4 is 17.8 Å². The summed E-state index contributed by atoms with van der Waals surface area (Å²) in [5.41, 5.74) is 1.99. The van der Waals surface area contributed by atoms with Gasteiger partial charge in [0.2, 0.25) is 0 Å². The van der Waals surface area contributed by atoms with Crippen LogP contribution in [0.4, 0.5) is 6.01 Å². The molecule has 0 aliphatic heterocycles. The summed E-state index contributed by atoms with van der Waals surface area (Å²) in [4.78, 5) is 5.69. The van der Waals surface area contributed by atoms with Crippen LogP contribution in [0.1, 0.15) is 19.6 Å². The van der Waals surface area contributed by atoms with E-state index >= 15 is 0 Å². The molecule has 0 saturated carbocycles. The van der Waals surface area contributed by atoms with Crippen molar-refractivity contribution in [3.63, 3.8) is 0 Å². The second-order valence-electron chi connectivity index (χ2n) is 4.36. The van der Waals surface area contributed by atoms with Crippen LogP contribution in [0.3, 0.4) is 0 Å². The molecule has 0 spiro atoms. The molecule has 1 aromatic carbocycles. The number of aromatic nitrogens is 1. The fourth-order valence-electron chi connectivity index (χ4n) is 1.73. The Morgan fingerprint density at radius 3 is 2.39 bits per heavy atom. The van der Waals surface area contributed by atoms with Gasteiger partial charge in [-0.15, -0.1) is 11.8 Å². The Morgan fingerprint density at radius 2 is 1.89 bits per heavy atom. The van der Waals surface area contributed by atoms with Gasteiger partial charge in [0.25, 0.3) is 6.01 Å². The van der Waals surface area contributed by atoms with Crippen molar-refractivity contribution in [2.45, 2.75) is 30.9 Å². The molecule has 0 aliphatic carbocycles. The second kappa shape index (κ2) is 5.48. The first-order valence-corrected chi connectivity index (χ1v) is 6.90. The molecule has 1 heterocycles. The summed E-state index contributed by atoms with van der Waals surface area (Å²) < 4.78 is 5.49. The van der Waals surface area contributed by atoms with Gasteiger partial charge in [-0.05, 0) is 19.1 Å². The predicted octanol–water partition coefficient (Wildman–Crippen LogP) is 4.19. The molecular formula is C14H18N2OS. The first-order valence-electron chi connectivity index (χ1n) is 6.02. The molecule has 0 amide bonds. The van der Waals surface area contributed by atoms with Crippen LogP contribution < -0.4 is 5.32 Å². The zero-order valence-electron chi connectivity index (χ0n) is 11.2. The quantitative estimate of drug-likeness (QED) is 0.838. The Morgan fingerprint density at radius 1 is 1.22 bits per heavy atom. The lowest BCUT2D eigenvalue weighted by atomic mass is 10.1. The fraction of sp³-hybridized carbons (Fsp3) is 0.357. The number of thioether (sulfide) groups is 1. The third-order valence-corrected chi connectivity index (χ3v) is 3.53. The topological polar surface area (TPSA) is 38.1 Å². The van der Waals surface area contributed by atoms with Crippen LogP contribution in [0.25, 0.3) is 11.3 Å². The number of hydrogen-bond acceptors (Lipinski definition) is 4. The van der Waals surface area contributed by atoms with Crippen LogP contribution in [0, 0.1) is 6.92 Å². The summed E-state index contributed by atoms with van der Waals surface area (Å²) in [7, 11) is 1.80. The fourth-order valence-corrected chi connectivity index (χ4v) is 2.57. The minimum Gasteiger partial charge on any atom is -0.428 e. The molecule has 4 heteroatoms. The molecule has 18 heavy (non-hydrogen) atoms. The summed E-state index contributed by atoms with van der Waals surface area (Å²) >= 11 is 1.86. The highest BCUT2D eigenvalue weighted by molar-refractivity contribution is 7.99. The molecule has 0 bridgehead atoms. The van der Waals surface area contributed by atoms with Crippen LogP contribution >= 0.6 is 11.8 Å². The summed E-state index contributed by atoms with van der Waals surface area (Å²) in [6.07, 6.45) is 0. The van der Waals surface area contributed by atoms with Crippen LogP contribution in [0.5, 0.6) is 0 Å². The number of aryl methyl sites for hydroxylation is 1. The maximum absolute atomic E-state index is 5.49. The van der Waals surface area contributed by atoms with E-state index in [2.05, 4.69) is 48.4 Å². The Kier molecular flexibility index (Phi) is 3.97. The largest absolute Gasteiger partial charge is 0.428 e. The number of anilines is 1. The number of nitrogens with one attached hydrogen (secondary N) is 1. The lowest BCUT2D eigenvalue weighted by Gasteiger charge is -2.05. The molecule has 1 aromatic heterocycles. The maximum Gasteiger partial charge on any atom is 0.295 e. The van der Waals surface area contributed by atoms with Crippen molar-refractivity contribution in [1.29, 1.82) is 0 Å². The average molecular weight is 262 g/mol. The van der Waals surface area contributed by atoms with Gasteiger partial charge in [0.1, 0.15) is 11.5 Å². The molecule has 2 aromatic rings. The van der Waals surface area contributed by atoms with Crippen molar-refractivity contribution in [1.82, 2.24) is 4.98 Å². The average Bonchev–Trinajstić information content (AvgIpc) is 2.71. The van der Waals surface area contributed by atoms with Crippen molar-refractivity contribution in [3.8, 4) is 11.3 Å². The van der Waals surface area contributed by atoms with Crippen LogP contribution in [-0.2, 0) is 0 Å². The van der Waals surface area contributed by atoms with Gasteiger partial charge in [-0.2, -0.15) is 4.98 Å². The molecule has 0 fully saturated rings. The van der Waals surface area contributed by atoms with Crippen LogP contribution in [0.2, 0.25) is 0 Å². The lowest BCUT2D eigenvalue weighted by Crippen LogP contribution is -1.88. The van der Waals surface area contributed by atoms with E-state index in [1.807, 2.05) is 18.7 Å². The van der Waals surface area contributed by atoms with E-state index in [1.54, 1.807) is 7.05 Å². The van der Waals surface area contributed by atoms with Gasteiger partial charge < -0.3 is 9.73 Å². The van der Waals surface area contributed by atoms with E-state index in [0.29, 0.717) is 11.3 Å². The Balaban J connectivity index is 2.25. The van der Waals surface area contributed by atoms with Crippen molar-refractivity contribution < 1.29 is 4.42 Å². The van der Waals surface area contributed by atoms with Gasteiger partial charge in [-0.1, -0.05) is 26.0 Å². The Labute approximate surface area is 112 Å². The standard InChI is InChI=1S/C14H18N2OS/c1-9(2)18-12-7-5-11(6-8-12)13-10(3)17-14(15-4)16-13/h5-9H,1-4H3,(H,15,16). The van der Waals surface area contributed by atoms with Crippen molar-refractivity contribution in [2.75, 3.05) is 12.4 Å². The highest BCUT2D eigenvalue weighted by Gasteiger charge is 2.10. The molecule has 96 valence electrons. The molecule has 1 N–H and O–H groups in total. The van der Waals surface area contributed by atoms with Gasteiger partial charge in [-0.3, -0.25) is 0 Å². The molecule has 3 nitrogen and oxygen atoms in total. The van der Waals surface area contributed by atoms with Gasteiger partial charge >= 0.3 is 0 Å². The van der Waals surface area contributed by atoms with Gasteiger partial charge in [0, 0.05) is 22.8 Å². The molecule has 0 aliphatic rings. The number of oxazole rings is 1. The van der Waals surface area contributed by atoms with Crippen LogP contribution in [0.15, 0.2) is 33.6 Å². The molecule has 0 saturated heterocycles. The monoisotopic (exact) mass is 262 g/mol. The normalized spacial score (nSPS) is 10.9. The summed E-state index contributed by atoms with van der Waals surface area (Å²) in [6, 6.07) is 9.01. The van der Waals surface area contributed by atoms with E-state index in [4.69, 9.17) is 4.42 Å². The maximum atomic E-state index is 5.49. The van der Waals surface area contributed by atoms with E-state index in [0.717, 1.165) is 17.0 Å². The van der Waals surface area contributed by atoms with E-state index in [1.165, 1.54) is 4.90 Å². The Bertz CT molecular complexity index is 517. The highest BCUT2D eigenvalue weighted by atomic mass is 32.2. The molecule has 2 rings (SSSR count). The predicted molar refractivity (Wildman–Crippen MR) is 77.2 cm³/mol. The minimum atomic E-state index is 0.558. The third kappa shape index (κ3) is 2.88. The van der Waals surface area contributed by atoms with E-state index < -0.39 is 0 Å². The number of rotatable bonds is 4. The number of nitrogens with zero attached hydrogens (tertiary/aromatic N) is 1. The minimum absolute atomic E-state index is 0.558. The molecule has 0 atom stereocenters. The first-order chi connectivity index (χ1) is 8.60. The molecule has 0 unspecified atom stereocenters. The second-order valence-corrected chi connectivity index (χ2v) is 6.01. The van der Waals surface area contributed by atoms with E-state index in [9.17, 15) is 0 Å². The van der Waals surface area contributed by atoms with Crippen LogP contribution in [-0.4, -0.2) is 17.3 Å². The lowest BCUT2D eigenvalue weighted by molar-refractivity contribution is 0.544. The van der Waals surface area contributed by atoms with Gasteiger partial charge in [0.15, 0.2) is 0 Å². The number of benzene rings is 1. The smallest absolute Gasteiger partial charge is 0.295 e. The summed E-state index contributed by atoms with van der Waals surface area (Å²) in [5.74, 6) is 0.837. The third-order valence-electron chi connectivity index (χ3n) is 2.51. The Hall–Kier alpha value is -1.42.